The zero-order chi connectivity index (χ0) is 14.0. The first kappa shape index (κ1) is 14.1. The Bertz CT molecular complexity index is 606. The van der Waals surface area contributed by atoms with Gasteiger partial charge in [0, 0.05) is 22.7 Å². The maximum Gasteiger partial charge on any atom is 0.106 e. The van der Waals surface area contributed by atoms with Gasteiger partial charge in [-0.3, -0.25) is 0 Å². The van der Waals surface area contributed by atoms with E-state index in [0.29, 0.717) is 6.54 Å². The summed E-state index contributed by atoms with van der Waals surface area (Å²) in [6.07, 6.45) is 0. The zero-order valence-electron chi connectivity index (χ0n) is 11.9. The van der Waals surface area contributed by atoms with Crippen molar-refractivity contribution in [3.63, 3.8) is 0 Å². The average molecular weight is 272 g/mol. The first-order valence-corrected chi connectivity index (χ1v) is 7.25. The molecule has 0 unspecified atom stereocenters. The minimum absolute atomic E-state index is 0.534. The predicted octanol–water partition coefficient (Wildman–Crippen LogP) is 3.93. The van der Waals surface area contributed by atoms with Crippen LogP contribution < -0.4 is 5.73 Å². The van der Waals surface area contributed by atoms with Crippen molar-refractivity contribution in [3.8, 4) is 0 Å². The summed E-state index contributed by atoms with van der Waals surface area (Å²) in [5.41, 5.74) is 11.8. The van der Waals surface area contributed by atoms with Crippen molar-refractivity contribution in [2.24, 2.45) is 5.73 Å². The van der Waals surface area contributed by atoms with E-state index in [1.165, 1.54) is 21.6 Å². The van der Waals surface area contributed by atoms with Crippen LogP contribution >= 0.6 is 11.8 Å². The van der Waals surface area contributed by atoms with Gasteiger partial charge in [-0.1, -0.05) is 23.9 Å². The Morgan fingerprint density at radius 2 is 1.79 bits per heavy atom. The smallest absolute Gasteiger partial charge is 0.106 e. The van der Waals surface area contributed by atoms with Gasteiger partial charge in [-0.2, -0.15) is 0 Å². The quantitative estimate of drug-likeness (QED) is 0.920. The largest absolute Gasteiger partial charge is 0.326 e. The number of hydrogen-bond donors (Lipinski definition) is 1. The van der Waals surface area contributed by atoms with Crippen molar-refractivity contribution in [2.75, 3.05) is 0 Å². The summed E-state index contributed by atoms with van der Waals surface area (Å²) < 4.78 is 0. The second-order valence-electron chi connectivity index (χ2n) is 4.94. The lowest BCUT2D eigenvalue weighted by atomic mass is 10.1. The molecule has 0 atom stereocenters. The van der Waals surface area contributed by atoms with E-state index >= 15 is 0 Å². The highest BCUT2D eigenvalue weighted by molar-refractivity contribution is 7.99. The van der Waals surface area contributed by atoms with Crippen molar-refractivity contribution in [2.45, 2.75) is 44.2 Å². The van der Waals surface area contributed by atoms with Gasteiger partial charge >= 0.3 is 0 Å². The molecule has 1 aromatic heterocycles. The molecule has 2 nitrogen and oxygen atoms in total. The molecular formula is C16H20N2S. The normalized spacial score (nSPS) is 10.8. The standard InChI is InChI=1S/C16H20N2S/c1-10-5-6-11(2)15(7-10)19-16-14(9-17)12(3)8-13(4)18-16/h5-8H,9,17H2,1-4H3. The van der Waals surface area contributed by atoms with E-state index in [1.807, 2.05) is 6.92 Å². The van der Waals surface area contributed by atoms with Crippen LogP contribution in [0.2, 0.25) is 0 Å². The van der Waals surface area contributed by atoms with Crippen LogP contribution in [0, 0.1) is 27.7 Å². The minimum Gasteiger partial charge on any atom is -0.326 e. The highest BCUT2D eigenvalue weighted by Crippen LogP contribution is 2.33. The van der Waals surface area contributed by atoms with Gasteiger partial charge in [0.1, 0.15) is 5.03 Å². The van der Waals surface area contributed by atoms with E-state index in [0.717, 1.165) is 16.3 Å². The summed E-state index contributed by atoms with van der Waals surface area (Å²) in [6, 6.07) is 8.59. The number of nitrogens with zero attached hydrogens (tertiary/aromatic N) is 1. The highest BCUT2D eigenvalue weighted by Gasteiger charge is 2.10. The summed E-state index contributed by atoms with van der Waals surface area (Å²) in [5.74, 6) is 0. The van der Waals surface area contributed by atoms with Crippen LogP contribution in [0.4, 0.5) is 0 Å². The number of aromatic nitrogens is 1. The lowest BCUT2D eigenvalue weighted by Gasteiger charge is -2.12. The fourth-order valence-electron chi connectivity index (χ4n) is 2.08. The lowest BCUT2D eigenvalue weighted by Crippen LogP contribution is -2.04. The maximum absolute atomic E-state index is 5.87. The molecule has 0 radical (unpaired) electrons. The topological polar surface area (TPSA) is 38.9 Å². The van der Waals surface area contributed by atoms with Gasteiger partial charge in [-0.15, -0.1) is 0 Å². The molecule has 2 N–H and O–H groups in total. The molecule has 2 rings (SSSR count). The average Bonchev–Trinajstić information content (AvgIpc) is 2.33. The molecule has 0 amide bonds. The zero-order valence-corrected chi connectivity index (χ0v) is 12.8. The van der Waals surface area contributed by atoms with Gasteiger partial charge in [0.25, 0.3) is 0 Å². The molecule has 0 fully saturated rings. The summed E-state index contributed by atoms with van der Waals surface area (Å²) in [5, 5.41) is 1.04. The van der Waals surface area contributed by atoms with Crippen molar-refractivity contribution < 1.29 is 0 Å². The second-order valence-corrected chi connectivity index (χ2v) is 5.97. The van der Waals surface area contributed by atoms with Crippen molar-refractivity contribution in [3.05, 3.63) is 52.2 Å². The molecule has 2 aromatic rings. The van der Waals surface area contributed by atoms with Crippen LogP contribution in [0.5, 0.6) is 0 Å². The van der Waals surface area contributed by atoms with Crippen molar-refractivity contribution >= 4 is 11.8 Å². The van der Waals surface area contributed by atoms with E-state index in [-0.39, 0.29) is 0 Å². The Morgan fingerprint density at radius 1 is 1.05 bits per heavy atom. The van der Waals surface area contributed by atoms with Gasteiger partial charge in [0.05, 0.1) is 0 Å². The molecule has 0 saturated heterocycles. The number of aryl methyl sites for hydroxylation is 4. The predicted molar refractivity (Wildman–Crippen MR) is 81.6 cm³/mol. The molecule has 19 heavy (non-hydrogen) atoms. The van der Waals surface area contributed by atoms with Crippen LogP contribution in [-0.4, -0.2) is 4.98 Å². The summed E-state index contributed by atoms with van der Waals surface area (Å²) >= 11 is 1.72. The lowest BCUT2D eigenvalue weighted by molar-refractivity contribution is 0.922. The monoisotopic (exact) mass is 272 g/mol. The Kier molecular flexibility index (Phi) is 4.27. The Balaban J connectivity index is 2.45. The third-order valence-electron chi connectivity index (χ3n) is 3.19. The summed E-state index contributed by atoms with van der Waals surface area (Å²) in [4.78, 5) is 5.91. The maximum atomic E-state index is 5.87. The number of pyridine rings is 1. The van der Waals surface area contributed by atoms with Gasteiger partial charge in [-0.05, 0) is 56.5 Å². The second kappa shape index (κ2) is 5.76. The molecule has 0 aliphatic carbocycles. The first-order chi connectivity index (χ1) is 9.01. The molecule has 1 heterocycles. The fourth-order valence-corrected chi connectivity index (χ4v) is 3.32. The number of nitrogens with two attached hydrogens (primary N) is 1. The van der Waals surface area contributed by atoms with Gasteiger partial charge in [-0.25, -0.2) is 4.98 Å². The molecule has 0 saturated carbocycles. The Labute approximate surface area is 119 Å². The number of hydrogen-bond acceptors (Lipinski definition) is 3. The molecule has 0 aliphatic rings. The molecular weight excluding hydrogens is 252 g/mol. The van der Waals surface area contributed by atoms with E-state index in [4.69, 9.17) is 5.73 Å². The van der Waals surface area contributed by atoms with Gasteiger partial charge < -0.3 is 5.73 Å². The highest BCUT2D eigenvalue weighted by atomic mass is 32.2. The van der Waals surface area contributed by atoms with Crippen LogP contribution in [0.25, 0.3) is 0 Å². The Morgan fingerprint density at radius 3 is 2.47 bits per heavy atom. The summed E-state index contributed by atoms with van der Waals surface area (Å²) in [6.45, 7) is 8.91. The molecule has 100 valence electrons. The van der Waals surface area contributed by atoms with E-state index in [9.17, 15) is 0 Å². The van der Waals surface area contributed by atoms with Crippen LogP contribution in [-0.2, 0) is 6.54 Å². The van der Waals surface area contributed by atoms with Gasteiger partial charge in [0.15, 0.2) is 0 Å². The van der Waals surface area contributed by atoms with E-state index in [2.05, 4.69) is 50.0 Å². The molecule has 0 aliphatic heterocycles. The van der Waals surface area contributed by atoms with Crippen LogP contribution in [0.3, 0.4) is 0 Å². The molecule has 0 spiro atoms. The van der Waals surface area contributed by atoms with Crippen LogP contribution in [0.1, 0.15) is 27.9 Å². The minimum atomic E-state index is 0.534. The third-order valence-corrected chi connectivity index (χ3v) is 4.38. The third kappa shape index (κ3) is 3.17. The molecule has 1 aromatic carbocycles. The molecule has 0 bridgehead atoms. The van der Waals surface area contributed by atoms with Gasteiger partial charge in [0.2, 0.25) is 0 Å². The Hall–Kier alpha value is -1.32. The first-order valence-electron chi connectivity index (χ1n) is 6.43. The van der Waals surface area contributed by atoms with Crippen LogP contribution in [0.15, 0.2) is 34.2 Å². The van der Waals surface area contributed by atoms with E-state index < -0.39 is 0 Å². The van der Waals surface area contributed by atoms with Crippen molar-refractivity contribution in [1.82, 2.24) is 4.98 Å². The molecule has 3 heteroatoms. The SMILES string of the molecule is Cc1ccc(C)c(Sc2nc(C)cc(C)c2CN)c1. The number of rotatable bonds is 3. The fraction of sp³-hybridized carbons (Fsp3) is 0.312. The summed E-state index contributed by atoms with van der Waals surface area (Å²) in [7, 11) is 0. The van der Waals surface area contributed by atoms with E-state index in [1.54, 1.807) is 11.8 Å². The number of benzene rings is 1. The van der Waals surface area contributed by atoms with Crippen molar-refractivity contribution in [1.29, 1.82) is 0 Å².